The Morgan fingerprint density at radius 1 is 1.03 bits per heavy atom. The number of nitrogens with one attached hydrogen (secondary N) is 2. The molecule has 2 aliphatic heterocycles. The van der Waals surface area contributed by atoms with Gasteiger partial charge in [-0.15, -0.1) is 0 Å². The third-order valence-corrected chi connectivity index (χ3v) is 8.01. The first-order valence-electron chi connectivity index (χ1n) is 13.1. The van der Waals surface area contributed by atoms with E-state index in [1.54, 1.807) is 48.5 Å². The number of hydrogen-bond donors (Lipinski definition) is 2. The summed E-state index contributed by atoms with van der Waals surface area (Å²) in [5, 5.41) is 10.7. The maximum absolute atomic E-state index is 13.7. The van der Waals surface area contributed by atoms with Gasteiger partial charge >= 0.3 is 0 Å². The summed E-state index contributed by atoms with van der Waals surface area (Å²) >= 11 is 0. The molecule has 2 N–H and O–H groups in total. The summed E-state index contributed by atoms with van der Waals surface area (Å²) < 4.78 is 33.8. The van der Waals surface area contributed by atoms with E-state index in [-0.39, 0.29) is 6.10 Å². The van der Waals surface area contributed by atoms with Crippen molar-refractivity contribution in [3.8, 4) is 17.0 Å². The zero-order valence-corrected chi connectivity index (χ0v) is 21.1. The predicted octanol–water partition coefficient (Wildman–Crippen LogP) is 5.97. The van der Waals surface area contributed by atoms with Crippen molar-refractivity contribution in [1.82, 2.24) is 20.4 Å². The maximum Gasteiger partial charge on any atom is 0.262 e. The molecule has 4 atom stereocenters. The van der Waals surface area contributed by atoms with Gasteiger partial charge in [-0.1, -0.05) is 30.3 Å². The maximum atomic E-state index is 13.7. The van der Waals surface area contributed by atoms with Crippen LogP contribution in [0.25, 0.3) is 22.2 Å². The number of piperidine rings is 1. The molecule has 2 unspecified atom stereocenters. The molecule has 6 rings (SSSR count). The average Bonchev–Trinajstić information content (AvgIpc) is 3.43. The van der Waals surface area contributed by atoms with Crippen molar-refractivity contribution >= 4 is 16.8 Å². The number of aromatic amines is 1. The van der Waals surface area contributed by atoms with Crippen LogP contribution in [0, 0.1) is 0 Å². The molecular weight excluding hydrogens is 486 g/mol. The number of fused-ring (bicyclic) bond motifs is 3. The highest BCUT2D eigenvalue weighted by molar-refractivity contribution is 6.01. The van der Waals surface area contributed by atoms with Gasteiger partial charge in [0, 0.05) is 28.6 Å². The molecule has 0 saturated carbocycles. The van der Waals surface area contributed by atoms with Gasteiger partial charge in [-0.2, -0.15) is 5.10 Å². The van der Waals surface area contributed by atoms with Gasteiger partial charge in [0.15, 0.2) is 0 Å². The Hall–Kier alpha value is -3.78. The number of nitrogens with zero attached hydrogens (tertiary/aromatic N) is 2. The van der Waals surface area contributed by atoms with Crippen LogP contribution in [0.4, 0.5) is 8.78 Å². The molecule has 6 nitrogen and oxygen atoms in total. The molecule has 3 aromatic carbocycles. The minimum absolute atomic E-state index is 0.231. The summed E-state index contributed by atoms with van der Waals surface area (Å²) in [6.45, 7) is 0. The smallest absolute Gasteiger partial charge is 0.262 e. The van der Waals surface area contributed by atoms with Crippen LogP contribution in [0.3, 0.4) is 0 Å². The molecular formula is C30H30F2N4O2. The number of benzene rings is 3. The van der Waals surface area contributed by atoms with Gasteiger partial charge in [0.25, 0.3) is 12.3 Å². The molecule has 1 amide bonds. The number of alkyl halides is 2. The first-order chi connectivity index (χ1) is 18.5. The highest BCUT2D eigenvalue weighted by atomic mass is 19.3. The number of aromatic nitrogens is 2. The lowest BCUT2D eigenvalue weighted by Crippen LogP contribution is -2.43. The van der Waals surface area contributed by atoms with E-state index in [0.717, 1.165) is 35.1 Å². The van der Waals surface area contributed by atoms with E-state index in [1.165, 1.54) is 12.8 Å². The Kier molecular flexibility index (Phi) is 6.57. The van der Waals surface area contributed by atoms with E-state index in [9.17, 15) is 13.6 Å². The molecule has 0 spiro atoms. The average molecular weight is 517 g/mol. The van der Waals surface area contributed by atoms with Crippen LogP contribution < -0.4 is 10.1 Å². The van der Waals surface area contributed by atoms with Crippen molar-refractivity contribution in [3.05, 3.63) is 83.9 Å². The van der Waals surface area contributed by atoms with Crippen LogP contribution in [0.2, 0.25) is 0 Å². The Morgan fingerprint density at radius 3 is 2.42 bits per heavy atom. The number of hydrogen-bond acceptors (Lipinski definition) is 4. The molecule has 2 saturated heterocycles. The molecule has 4 aromatic rings. The first-order valence-corrected chi connectivity index (χ1v) is 13.1. The zero-order valence-electron chi connectivity index (χ0n) is 21.1. The Balaban J connectivity index is 1.19. The second-order valence-corrected chi connectivity index (χ2v) is 10.3. The summed E-state index contributed by atoms with van der Waals surface area (Å²) in [5.74, 6) is 0.269. The predicted molar refractivity (Wildman–Crippen MR) is 142 cm³/mol. The molecule has 0 radical (unpaired) electrons. The lowest BCUT2D eigenvalue weighted by molar-refractivity contribution is 0.0662. The summed E-state index contributed by atoms with van der Waals surface area (Å²) in [4.78, 5) is 15.5. The van der Waals surface area contributed by atoms with Crippen LogP contribution in [-0.2, 0) is 0 Å². The van der Waals surface area contributed by atoms with Crippen molar-refractivity contribution in [2.75, 3.05) is 7.05 Å². The lowest BCUT2D eigenvalue weighted by atomic mass is 10.0. The highest BCUT2D eigenvalue weighted by Gasteiger charge is 2.39. The number of halogens is 2. The molecule has 0 aliphatic carbocycles. The quantitative estimate of drug-likeness (QED) is 0.318. The van der Waals surface area contributed by atoms with Gasteiger partial charge < -0.3 is 15.0 Å². The van der Waals surface area contributed by atoms with Gasteiger partial charge in [-0.25, -0.2) is 8.78 Å². The minimum atomic E-state index is -2.74. The van der Waals surface area contributed by atoms with E-state index >= 15 is 0 Å². The second-order valence-electron chi connectivity index (χ2n) is 10.3. The van der Waals surface area contributed by atoms with Crippen molar-refractivity contribution in [2.45, 2.75) is 56.3 Å². The van der Waals surface area contributed by atoms with Crippen LogP contribution in [0.5, 0.6) is 5.75 Å². The monoisotopic (exact) mass is 516 g/mol. The normalized spacial score (nSPS) is 22.1. The Morgan fingerprint density at radius 2 is 1.74 bits per heavy atom. The summed E-state index contributed by atoms with van der Waals surface area (Å²) in [6.07, 6.45) is 2.11. The van der Waals surface area contributed by atoms with Crippen molar-refractivity contribution in [3.63, 3.8) is 0 Å². The van der Waals surface area contributed by atoms with Gasteiger partial charge in [0.1, 0.15) is 17.9 Å². The lowest BCUT2D eigenvalue weighted by Gasteiger charge is -2.36. The van der Waals surface area contributed by atoms with Crippen LogP contribution in [0.15, 0.2) is 72.8 Å². The summed E-state index contributed by atoms with van der Waals surface area (Å²) in [5.41, 5.74) is 2.97. The molecule has 2 bridgehead atoms. The fourth-order valence-corrected chi connectivity index (χ4v) is 5.89. The summed E-state index contributed by atoms with van der Waals surface area (Å²) in [6, 6.07) is 21.0. The Labute approximate surface area is 220 Å². The molecule has 2 aliphatic rings. The number of amides is 1. The van der Waals surface area contributed by atoms with Gasteiger partial charge in [0.2, 0.25) is 0 Å². The molecule has 196 valence electrons. The van der Waals surface area contributed by atoms with Crippen molar-refractivity contribution < 1.29 is 18.3 Å². The standard InChI is InChI=1S/C30H30F2N4O2/c1-36-21-10-11-22(36)17-24(16-21)38-23-12-7-19(8-13-23)27-25-15-20(9-14-26(25)34-35-27)30(37)33-28(29(31)32)18-5-3-2-4-6-18/h2-9,12-15,21-22,24,28-29H,10-11,16-17H2,1H3,(H,33,37)(H,34,35)/t21-,22+,24?,28?. The molecule has 8 heteroatoms. The Bertz CT molecular complexity index is 1410. The number of H-pyrrole nitrogens is 1. The highest BCUT2D eigenvalue weighted by Crippen LogP contribution is 2.36. The first kappa shape index (κ1) is 24.6. The van der Waals surface area contributed by atoms with E-state index in [2.05, 4.69) is 27.5 Å². The topological polar surface area (TPSA) is 70.2 Å². The van der Waals surface area contributed by atoms with E-state index < -0.39 is 18.4 Å². The van der Waals surface area contributed by atoms with E-state index in [1.807, 2.05) is 24.3 Å². The van der Waals surface area contributed by atoms with Gasteiger partial charge in [-0.05, 0) is 80.8 Å². The third kappa shape index (κ3) is 4.76. The molecule has 1 aromatic heterocycles. The summed E-state index contributed by atoms with van der Waals surface area (Å²) in [7, 11) is 2.22. The van der Waals surface area contributed by atoms with Gasteiger partial charge in [-0.3, -0.25) is 9.89 Å². The number of carbonyl (C=O) groups excluding carboxylic acids is 1. The van der Waals surface area contributed by atoms with Crippen molar-refractivity contribution in [1.29, 1.82) is 0 Å². The number of ether oxygens (including phenoxy) is 1. The SMILES string of the molecule is CN1[C@@H]2CC[C@H]1CC(Oc1ccc(-c3n[nH]c4ccc(C(=O)NC(c5ccccc5)C(F)F)cc34)cc1)C2. The number of carbonyl (C=O) groups is 1. The van der Waals surface area contributed by atoms with E-state index in [4.69, 9.17) is 4.74 Å². The van der Waals surface area contributed by atoms with E-state index in [0.29, 0.717) is 28.9 Å². The van der Waals surface area contributed by atoms with Gasteiger partial charge in [0.05, 0.1) is 11.2 Å². The van der Waals surface area contributed by atoms with Crippen LogP contribution in [-0.4, -0.2) is 52.7 Å². The molecule has 2 fully saturated rings. The van der Waals surface area contributed by atoms with Crippen LogP contribution >= 0.6 is 0 Å². The van der Waals surface area contributed by atoms with Crippen LogP contribution in [0.1, 0.15) is 47.6 Å². The fraction of sp³-hybridized carbons (Fsp3) is 0.333. The minimum Gasteiger partial charge on any atom is -0.490 e. The van der Waals surface area contributed by atoms with Crippen molar-refractivity contribution in [2.24, 2.45) is 0 Å². The third-order valence-electron chi connectivity index (χ3n) is 8.01. The second kappa shape index (κ2) is 10.2. The molecule has 3 heterocycles. The largest absolute Gasteiger partial charge is 0.490 e. The molecule has 38 heavy (non-hydrogen) atoms. The number of rotatable bonds is 7. The fourth-order valence-electron chi connectivity index (χ4n) is 5.89. The zero-order chi connectivity index (χ0) is 26.2.